The molecule has 0 radical (unpaired) electrons. The number of carbonyl (C=O) groups is 2. The van der Waals surface area contributed by atoms with Crippen molar-refractivity contribution < 1.29 is 23.8 Å². The van der Waals surface area contributed by atoms with Gasteiger partial charge in [-0.15, -0.1) is 0 Å². The number of amides is 1. The molecular formula is C16H14ClNO5. The standard InChI is InChI=1S/C16H14ClNO5/c1-21-14-7-6-11(9-13(14)17)18-16(20)23-12-5-3-4-10(8-12)15(19)22-2/h3-9H,1-2H3,(H,18,20). The van der Waals surface area contributed by atoms with Crippen LogP contribution >= 0.6 is 11.6 Å². The highest BCUT2D eigenvalue weighted by Gasteiger charge is 2.10. The van der Waals surface area contributed by atoms with Gasteiger partial charge in [-0.25, -0.2) is 9.59 Å². The molecule has 1 amide bonds. The first kappa shape index (κ1) is 16.6. The number of anilines is 1. The van der Waals surface area contributed by atoms with E-state index in [1.807, 2.05) is 0 Å². The van der Waals surface area contributed by atoms with Crippen LogP contribution in [0.15, 0.2) is 42.5 Å². The quantitative estimate of drug-likeness (QED) is 0.861. The monoisotopic (exact) mass is 335 g/mol. The molecule has 6 nitrogen and oxygen atoms in total. The predicted molar refractivity (Wildman–Crippen MR) is 85.4 cm³/mol. The first-order valence-electron chi connectivity index (χ1n) is 6.54. The minimum atomic E-state index is -0.715. The Morgan fingerprint density at radius 2 is 1.87 bits per heavy atom. The molecule has 23 heavy (non-hydrogen) atoms. The molecule has 2 rings (SSSR count). The highest BCUT2D eigenvalue weighted by atomic mass is 35.5. The van der Waals surface area contributed by atoms with E-state index in [0.717, 1.165) is 0 Å². The van der Waals surface area contributed by atoms with Crippen LogP contribution in [0.2, 0.25) is 5.02 Å². The van der Waals surface area contributed by atoms with Crippen molar-refractivity contribution in [1.29, 1.82) is 0 Å². The van der Waals surface area contributed by atoms with Gasteiger partial charge in [-0.05, 0) is 36.4 Å². The van der Waals surface area contributed by atoms with E-state index in [2.05, 4.69) is 10.1 Å². The number of esters is 1. The Labute approximate surface area is 137 Å². The Kier molecular flexibility index (Phi) is 5.43. The van der Waals surface area contributed by atoms with Gasteiger partial charge in [0.1, 0.15) is 11.5 Å². The van der Waals surface area contributed by atoms with Gasteiger partial charge < -0.3 is 14.2 Å². The molecule has 0 aliphatic rings. The zero-order chi connectivity index (χ0) is 16.8. The molecule has 2 aromatic carbocycles. The van der Waals surface area contributed by atoms with Gasteiger partial charge >= 0.3 is 12.1 Å². The van der Waals surface area contributed by atoms with Gasteiger partial charge in [0.2, 0.25) is 0 Å². The molecule has 0 atom stereocenters. The van der Waals surface area contributed by atoms with E-state index >= 15 is 0 Å². The second-order valence-corrected chi connectivity index (χ2v) is 4.79. The van der Waals surface area contributed by atoms with Crippen LogP contribution in [0, 0.1) is 0 Å². The van der Waals surface area contributed by atoms with Crippen LogP contribution in [-0.4, -0.2) is 26.3 Å². The number of nitrogens with one attached hydrogen (secondary N) is 1. The average molecular weight is 336 g/mol. The molecule has 0 aromatic heterocycles. The van der Waals surface area contributed by atoms with E-state index in [0.29, 0.717) is 16.5 Å². The van der Waals surface area contributed by atoms with Gasteiger partial charge in [-0.2, -0.15) is 0 Å². The minimum Gasteiger partial charge on any atom is -0.495 e. The number of ether oxygens (including phenoxy) is 3. The molecule has 0 aliphatic heterocycles. The third-order valence-corrected chi connectivity index (χ3v) is 3.16. The lowest BCUT2D eigenvalue weighted by molar-refractivity contribution is 0.0600. The van der Waals surface area contributed by atoms with Crippen molar-refractivity contribution in [2.24, 2.45) is 0 Å². The van der Waals surface area contributed by atoms with Crippen molar-refractivity contribution in [3.63, 3.8) is 0 Å². The van der Waals surface area contributed by atoms with Gasteiger partial charge in [0.25, 0.3) is 0 Å². The van der Waals surface area contributed by atoms with E-state index in [1.165, 1.54) is 26.4 Å². The van der Waals surface area contributed by atoms with Gasteiger partial charge in [0, 0.05) is 5.69 Å². The van der Waals surface area contributed by atoms with Crippen LogP contribution in [0.5, 0.6) is 11.5 Å². The number of hydrogen-bond acceptors (Lipinski definition) is 5. The number of halogens is 1. The van der Waals surface area contributed by atoms with E-state index in [9.17, 15) is 9.59 Å². The molecule has 1 N–H and O–H groups in total. The molecule has 0 saturated carbocycles. The maximum absolute atomic E-state index is 11.9. The van der Waals surface area contributed by atoms with Crippen molar-refractivity contribution >= 4 is 29.4 Å². The van der Waals surface area contributed by atoms with Gasteiger partial charge in [-0.1, -0.05) is 17.7 Å². The van der Waals surface area contributed by atoms with E-state index in [1.54, 1.807) is 30.3 Å². The van der Waals surface area contributed by atoms with E-state index in [4.69, 9.17) is 21.1 Å². The second-order valence-electron chi connectivity index (χ2n) is 4.38. The Morgan fingerprint density at radius 3 is 2.52 bits per heavy atom. The molecule has 0 heterocycles. The van der Waals surface area contributed by atoms with Crippen molar-refractivity contribution in [2.45, 2.75) is 0 Å². The van der Waals surface area contributed by atoms with Crippen molar-refractivity contribution in [3.05, 3.63) is 53.1 Å². The molecule has 0 saturated heterocycles. The summed E-state index contributed by atoms with van der Waals surface area (Å²) in [6, 6.07) is 10.9. The molecule has 0 fully saturated rings. The summed E-state index contributed by atoms with van der Waals surface area (Å²) in [6.45, 7) is 0. The summed E-state index contributed by atoms with van der Waals surface area (Å²) in [5.41, 5.74) is 0.732. The fraction of sp³-hybridized carbons (Fsp3) is 0.125. The lowest BCUT2D eigenvalue weighted by Gasteiger charge is -2.09. The minimum absolute atomic E-state index is 0.213. The maximum atomic E-state index is 11.9. The first-order valence-corrected chi connectivity index (χ1v) is 6.92. The van der Waals surface area contributed by atoms with E-state index in [-0.39, 0.29) is 11.3 Å². The van der Waals surface area contributed by atoms with Crippen molar-refractivity contribution in [2.75, 3.05) is 19.5 Å². The lowest BCUT2D eigenvalue weighted by atomic mass is 10.2. The summed E-state index contributed by atoms with van der Waals surface area (Å²) in [5, 5.41) is 2.89. The summed E-state index contributed by atoms with van der Waals surface area (Å²) < 4.78 is 14.8. The normalized spacial score (nSPS) is 9.87. The molecule has 2 aromatic rings. The van der Waals surface area contributed by atoms with Crippen LogP contribution in [0.3, 0.4) is 0 Å². The van der Waals surface area contributed by atoms with Crippen LogP contribution in [-0.2, 0) is 4.74 Å². The van der Waals surface area contributed by atoms with Crippen LogP contribution in [0.4, 0.5) is 10.5 Å². The SMILES string of the molecule is COC(=O)c1cccc(OC(=O)Nc2ccc(OC)c(Cl)c2)c1. The Hall–Kier alpha value is -2.73. The summed E-state index contributed by atoms with van der Waals surface area (Å²) in [7, 11) is 2.77. The molecule has 7 heteroatoms. The fourth-order valence-electron chi connectivity index (χ4n) is 1.80. The fourth-order valence-corrected chi connectivity index (χ4v) is 2.06. The molecule has 0 aliphatic carbocycles. The van der Waals surface area contributed by atoms with Gasteiger partial charge in [0.15, 0.2) is 0 Å². The highest BCUT2D eigenvalue weighted by molar-refractivity contribution is 6.32. The number of methoxy groups -OCH3 is 2. The van der Waals surface area contributed by atoms with E-state index < -0.39 is 12.1 Å². The average Bonchev–Trinajstić information content (AvgIpc) is 2.54. The third-order valence-electron chi connectivity index (χ3n) is 2.86. The number of benzene rings is 2. The summed E-state index contributed by atoms with van der Waals surface area (Å²) in [6.07, 6.45) is -0.715. The molecule has 0 bridgehead atoms. The Balaban J connectivity index is 2.05. The zero-order valence-corrected chi connectivity index (χ0v) is 13.2. The Morgan fingerprint density at radius 1 is 1.09 bits per heavy atom. The van der Waals surface area contributed by atoms with Crippen LogP contribution in [0.1, 0.15) is 10.4 Å². The Bertz CT molecular complexity index is 732. The predicted octanol–water partition coefficient (Wildman–Crippen LogP) is 3.75. The van der Waals surface area contributed by atoms with Gasteiger partial charge in [-0.3, -0.25) is 5.32 Å². The smallest absolute Gasteiger partial charge is 0.417 e. The topological polar surface area (TPSA) is 73.9 Å². The summed E-state index contributed by atoms with van der Waals surface area (Å²) in [5.74, 6) is 0.194. The zero-order valence-electron chi connectivity index (χ0n) is 12.5. The number of rotatable bonds is 4. The van der Waals surface area contributed by atoms with Crippen LogP contribution < -0.4 is 14.8 Å². The van der Waals surface area contributed by atoms with Crippen LogP contribution in [0.25, 0.3) is 0 Å². The van der Waals surface area contributed by atoms with Crippen molar-refractivity contribution in [1.82, 2.24) is 0 Å². The summed E-state index contributed by atoms with van der Waals surface area (Å²) >= 11 is 5.98. The lowest BCUT2D eigenvalue weighted by Crippen LogP contribution is -2.17. The number of hydrogen-bond donors (Lipinski definition) is 1. The largest absolute Gasteiger partial charge is 0.495 e. The third kappa shape index (κ3) is 4.37. The van der Waals surface area contributed by atoms with Gasteiger partial charge in [0.05, 0.1) is 24.8 Å². The number of carbonyl (C=O) groups excluding carboxylic acids is 2. The molecule has 120 valence electrons. The molecule has 0 unspecified atom stereocenters. The molecular weight excluding hydrogens is 322 g/mol. The highest BCUT2D eigenvalue weighted by Crippen LogP contribution is 2.27. The second kappa shape index (κ2) is 7.51. The maximum Gasteiger partial charge on any atom is 0.417 e. The van der Waals surface area contributed by atoms with Crippen molar-refractivity contribution in [3.8, 4) is 11.5 Å². The summed E-state index contributed by atoms with van der Waals surface area (Å²) in [4.78, 5) is 23.3. The molecule has 0 spiro atoms. The first-order chi connectivity index (χ1) is 11.0.